The number of carbonyl (C=O) groups excluding carboxylic acids is 3. The molecule has 0 spiro atoms. The number of rotatable bonds is 11. The average molecular weight is 376 g/mol. The molecule has 0 aromatic rings. The zero-order valence-corrected chi connectivity index (χ0v) is 15.3. The number of likely N-dealkylation sites (N-methyl/N-ethyl adjacent to an activating group) is 1. The second kappa shape index (κ2) is 11.6. The molecule has 1 aliphatic rings. The minimum atomic E-state index is -0.548. The van der Waals surface area contributed by atoms with Gasteiger partial charge in [-0.15, -0.1) is 16.5 Å². The van der Waals surface area contributed by atoms with Crippen molar-refractivity contribution in [2.24, 2.45) is 5.29 Å². The number of halogens is 1. The van der Waals surface area contributed by atoms with Crippen LogP contribution in [0.25, 0.3) is 0 Å². The molecule has 0 aromatic carbocycles. The van der Waals surface area contributed by atoms with Crippen molar-refractivity contribution in [2.75, 3.05) is 45.1 Å². The van der Waals surface area contributed by atoms with Crippen LogP contribution in [0.2, 0.25) is 0 Å². The Morgan fingerprint density at radius 3 is 2.44 bits per heavy atom. The molecule has 25 heavy (non-hydrogen) atoms. The molecular formula is C15H26ClN5O4. The molecule has 0 saturated carbocycles. The van der Waals surface area contributed by atoms with E-state index in [-0.39, 0.29) is 12.4 Å². The molecule has 9 nitrogen and oxygen atoms in total. The second-order valence-electron chi connectivity index (χ2n) is 5.72. The third-order valence-electron chi connectivity index (χ3n) is 4.04. The van der Waals surface area contributed by atoms with Gasteiger partial charge in [0.25, 0.3) is 0 Å². The monoisotopic (exact) mass is 375 g/mol. The van der Waals surface area contributed by atoms with Crippen LogP contribution in [0.1, 0.15) is 32.6 Å². The first kappa shape index (κ1) is 21.1. The molecule has 1 aliphatic heterocycles. The van der Waals surface area contributed by atoms with Crippen molar-refractivity contribution in [1.29, 1.82) is 0 Å². The SMILES string of the molecule is CCN1CCN(CCCCCCNC(=O)N(CCCl)N=O)C(=O)C1=O. The van der Waals surface area contributed by atoms with Gasteiger partial charge in [0.15, 0.2) is 0 Å². The van der Waals surface area contributed by atoms with Gasteiger partial charge in [0.1, 0.15) is 0 Å². The number of carbonyl (C=O) groups is 3. The molecule has 1 N–H and O–H groups in total. The van der Waals surface area contributed by atoms with Crippen molar-refractivity contribution in [3.05, 3.63) is 4.91 Å². The predicted octanol–water partition coefficient (Wildman–Crippen LogP) is 1.17. The highest BCUT2D eigenvalue weighted by Gasteiger charge is 2.30. The summed E-state index contributed by atoms with van der Waals surface area (Å²) in [7, 11) is 0. The van der Waals surface area contributed by atoms with Gasteiger partial charge in [-0.2, -0.15) is 5.01 Å². The number of nitrogens with one attached hydrogen (secondary N) is 1. The highest BCUT2D eigenvalue weighted by atomic mass is 35.5. The first-order valence-corrected chi connectivity index (χ1v) is 9.11. The average Bonchev–Trinajstić information content (AvgIpc) is 2.62. The summed E-state index contributed by atoms with van der Waals surface area (Å²) >= 11 is 5.47. The number of nitroso groups, excluding NO2 is 1. The van der Waals surface area contributed by atoms with Crippen LogP contribution in [0.3, 0.4) is 0 Å². The Morgan fingerprint density at radius 2 is 1.80 bits per heavy atom. The van der Waals surface area contributed by atoms with Crippen molar-refractivity contribution < 1.29 is 14.4 Å². The van der Waals surface area contributed by atoms with Crippen molar-refractivity contribution in [3.63, 3.8) is 0 Å². The van der Waals surface area contributed by atoms with Gasteiger partial charge < -0.3 is 15.1 Å². The van der Waals surface area contributed by atoms with Crippen LogP contribution < -0.4 is 5.32 Å². The molecule has 142 valence electrons. The number of amides is 4. The predicted molar refractivity (Wildman–Crippen MR) is 93.9 cm³/mol. The lowest BCUT2D eigenvalue weighted by Gasteiger charge is -2.33. The number of unbranched alkanes of at least 4 members (excludes halogenated alkanes) is 3. The van der Waals surface area contributed by atoms with Crippen molar-refractivity contribution in [2.45, 2.75) is 32.6 Å². The Balaban J connectivity index is 2.11. The summed E-state index contributed by atoms with van der Waals surface area (Å²) in [6.07, 6.45) is 3.34. The number of piperazine rings is 1. The highest BCUT2D eigenvalue weighted by Crippen LogP contribution is 2.08. The van der Waals surface area contributed by atoms with Crippen LogP contribution in [0.5, 0.6) is 0 Å². The fraction of sp³-hybridized carbons (Fsp3) is 0.800. The van der Waals surface area contributed by atoms with Crippen molar-refractivity contribution in [3.8, 4) is 0 Å². The smallest absolute Gasteiger partial charge is 0.336 e. The summed E-state index contributed by atoms with van der Waals surface area (Å²) in [4.78, 5) is 48.9. The lowest BCUT2D eigenvalue weighted by Crippen LogP contribution is -2.54. The van der Waals surface area contributed by atoms with E-state index in [1.165, 1.54) is 0 Å². The number of urea groups is 1. The molecule has 0 aromatic heterocycles. The first-order chi connectivity index (χ1) is 12.0. The van der Waals surface area contributed by atoms with E-state index in [1.807, 2.05) is 6.92 Å². The Hall–Kier alpha value is -1.90. The molecule has 0 aliphatic carbocycles. The quantitative estimate of drug-likeness (QED) is 0.192. The van der Waals surface area contributed by atoms with Gasteiger partial charge in [0.05, 0.1) is 11.8 Å². The van der Waals surface area contributed by atoms with Crippen LogP contribution in [-0.4, -0.2) is 77.8 Å². The molecule has 0 atom stereocenters. The summed E-state index contributed by atoms with van der Waals surface area (Å²) in [6, 6.07) is -0.548. The Morgan fingerprint density at radius 1 is 1.16 bits per heavy atom. The maximum atomic E-state index is 11.9. The Labute approximate surface area is 152 Å². The van der Waals surface area contributed by atoms with Crippen LogP contribution in [0.4, 0.5) is 4.79 Å². The van der Waals surface area contributed by atoms with E-state index in [0.29, 0.717) is 32.7 Å². The van der Waals surface area contributed by atoms with E-state index >= 15 is 0 Å². The molecule has 10 heteroatoms. The topological polar surface area (TPSA) is 102 Å². The minimum Gasteiger partial charge on any atom is -0.336 e. The van der Waals surface area contributed by atoms with Gasteiger partial charge in [-0.3, -0.25) is 9.59 Å². The first-order valence-electron chi connectivity index (χ1n) is 8.57. The summed E-state index contributed by atoms with van der Waals surface area (Å²) < 4.78 is 0. The summed E-state index contributed by atoms with van der Waals surface area (Å²) in [5.41, 5.74) is 0. The van der Waals surface area contributed by atoms with Crippen molar-refractivity contribution in [1.82, 2.24) is 20.1 Å². The molecule has 1 heterocycles. The fourth-order valence-corrected chi connectivity index (χ4v) is 2.72. The zero-order chi connectivity index (χ0) is 18.7. The lowest BCUT2D eigenvalue weighted by atomic mass is 10.1. The minimum absolute atomic E-state index is 0.0783. The van der Waals surface area contributed by atoms with Crippen LogP contribution in [0.15, 0.2) is 5.29 Å². The third kappa shape index (κ3) is 6.85. The molecule has 0 bridgehead atoms. The van der Waals surface area contributed by atoms with Gasteiger partial charge in [-0.05, 0) is 19.8 Å². The Kier molecular flexibility index (Phi) is 9.83. The molecular weight excluding hydrogens is 350 g/mol. The number of alkyl halides is 1. The van der Waals surface area contributed by atoms with E-state index < -0.39 is 17.8 Å². The second-order valence-corrected chi connectivity index (χ2v) is 6.09. The van der Waals surface area contributed by atoms with E-state index in [4.69, 9.17) is 11.6 Å². The number of hydrogen-bond donors (Lipinski definition) is 1. The molecule has 1 fully saturated rings. The van der Waals surface area contributed by atoms with Gasteiger partial charge in [0, 0.05) is 38.6 Å². The normalized spacial score (nSPS) is 14.6. The number of hydrogen-bond acceptors (Lipinski definition) is 5. The van der Waals surface area contributed by atoms with E-state index in [1.54, 1.807) is 9.80 Å². The van der Waals surface area contributed by atoms with Gasteiger partial charge in [-0.25, -0.2) is 4.79 Å². The largest absolute Gasteiger partial charge is 0.340 e. The molecule has 4 amide bonds. The summed E-state index contributed by atoms with van der Waals surface area (Å²) in [6.45, 7) is 4.70. The maximum absolute atomic E-state index is 11.9. The zero-order valence-electron chi connectivity index (χ0n) is 14.6. The molecule has 1 rings (SSSR count). The van der Waals surface area contributed by atoms with E-state index in [9.17, 15) is 19.3 Å². The fourth-order valence-electron chi connectivity index (χ4n) is 2.56. The third-order valence-corrected chi connectivity index (χ3v) is 4.21. The lowest BCUT2D eigenvalue weighted by molar-refractivity contribution is -0.155. The highest BCUT2D eigenvalue weighted by molar-refractivity contribution is 6.35. The molecule has 1 saturated heterocycles. The van der Waals surface area contributed by atoms with Crippen LogP contribution in [0, 0.1) is 4.91 Å². The summed E-state index contributed by atoms with van der Waals surface area (Å²) in [5, 5.41) is 5.96. The van der Waals surface area contributed by atoms with E-state index in [2.05, 4.69) is 10.6 Å². The standard InChI is InChI=1S/C15H26ClN5O4/c1-2-19-11-12-20(14(23)13(19)22)9-6-4-3-5-8-17-15(24)21(18-25)10-7-16/h2-12H2,1H3,(H,17,24). The maximum Gasteiger partial charge on any atom is 0.340 e. The van der Waals surface area contributed by atoms with Gasteiger partial charge in [0.2, 0.25) is 0 Å². The van der Waals surface area contributed by atoms with Crippen LogP contribution in [-0.2, 0) is 9.59 Å². The summed E-state index contributed by atoms with van der Waals surface area (Å²) in [5.74, 6) is -0.685. The number of nitrogens with zero attached hydrogens (tertiary/aromatic N) is 4. The Bertz CT molecular complexity index is 477. The molecule has 0 unspecified atom stereocenters. The van der Waals surface area contributed by atoms with Gasteiger partial charge >= 0.3 is 17.8 Å². The van der Waals surface area contributed by atoms with E-state index in [0.717, 1.165) is 30.7 Å². The molecule has 0 radical (unpaired) electrons. The van der Waals surface area contributed by atoms with Crippen LogP contribution >= 0.6 is 11.6 Å². The van der Waals surface area contributed by atoms with Crippen molar-refractivity contribution >= 4 is 29.4 Å². The van der Waals surface area contributed by atoms with Gasteiger partial charge in [-0.1, -0.05) is 12.8 Å².